The van der Waals surface area contributed by atoms with Gasteiger partial charge in [0.1, 0.15) is 0 Å². The van der Waals surface area contributed by atoms with Gasteiger partial charge in [-0.15, -0.1) is 0 Å². The van der Waals surface area contributed by atoms with Gasteiger partial charge in [0.15, 0.2) is 0 Å². The van der Waals surface area contributed by atoms with E-state index in [-0.39, 0.29) is 11.9 Å². The second kappa shape index (κ2) is 10.5. The molecule has 3 aromatic rings. The van der Waals surface area contributed by atoms with Crippen LogP contribution in [0, 0.1) is 0 Å². The molecule has 1 saturated heterocycles. The van der Waals surface area contributed by atoms with Gasteiger partial charge in [0.05, 0.1) is 16.4 Å². The Kier molecular flexibility index (Phi) is 7.65. The van der Waals surface area contributed by atoms with Crippen LogP contribution < -0.4 is 5.43 Å². The fourth-order valence-corrected chi connectivity index (χ4v) is 4.78. The number of amides is 1. The molecule has 2 aromatic carbocycles. The van der Waals surface area contributed by atoms with Crippen LogP contribution in [-0.2, 0) is 0 Å². The lowest BCUT2D eigenvalue weighted by atomic mass is 10.0. The van der Waals surface area contributed by atoms with Gasteiger partial charge < -0.3 is 4.57 Å². The van der Waals surface area contributed by atoms with E-state index in [9.17, 15) is 4.79 Å². The van der Waals surface area contributed by atoms with E-state index in [2.05, 4.69) is 19.3 Å². The van der Waals surface area contributed by atoms with Crippen LogP contribution in [0.15, 0.2) is 42.5 Å². The molecule has 8 heteroatoms. The number of piperidine rings is 1. The third kappa shape index (κ3) is 5.22. The van der Waals surface area contributed by atoms with E-state index in [1.807, 2.05) is 39.9 Å². The highest BCUT2D eigenvalue weighted by molar-refractivity contribution is 6.36. The third-order valence-electron chi connectivity index (χ3n) is 6.07. The van der Waals surface area contributed by atoms with Crippen molar-refractivity contribution >= 4 is 40.7 Å². The van der Waals surface area contributed by atoms with E-state index < -0.39 is 0 Å². The Morgan fingerprint density at radius 2 is 1.70 bits per heavy atom. The van der Waals surface area contributed by atoms with E-state index >= 15 is 0 Å². The fourth-order valence-electron chi connectivity index (χ4n) is 4.16. The zero-order chi connectivity index (χ0) is 23.5. The Labute approximate surface area is 209 Å². The van der Waals surface area contributed by atoms with Crippen molar-refractivity contribution in [2.24, 2.45) is 0 Å². The van der Waals surface area contributed by atoms with Crippen molar-refractivity contribution in [1.82, 2.24) is 20.0 Å². The minimum absolute atomic E-state index is 0.0325. The summed E-state index contributed by atoms with van der Waals surface area (Å²) in [5.41, 5.74) is 6.17. The van der Waals surface area contributed by atoms with Crippen molar-refractivity contribution in [3.8, 4) is 22.5 Å². The Morgan fingerprint density at radius 1 is 1.03 bits per heavy atom. The van der Waals surface area contributed by atoms with Gasteiger partial charge in [0.25, 0.3) is 0 Å². The fraction of sp³-hybridized carbons (Fsp3) is 0.360. The molecule has 1 N–H and O–H groups in total. The predicted molar refractivity (Wildman–Crippen MR) is 136 cm³/mol. The van der Waals surface area contributed by atoms with Crippen molar-refractivity contribution in [2.45, 2.75) is 45.6 Å². The summed E-state index contributed by atoms with van der Waals surface area (Å²) < 4.78 is 2.02. The normalized spacial score (nSPS) is 15.4. The van der Waals surface area contributed by atoms with Crippen LogP contribution >= 0.6 is 34.8 Å². The zero-order valence-electron chi connectivity index (χ0n) is 18.7. The van der Waals surface area contributed by atoms with Crippen LogP contribution in [-0.4, -0.2) is 33.6 Å². The molecule has 4 rings (SSSR count). The lowest BCUT2D eigenvalue weighted by Gasteiger charge is -2.27. The molecule has 2 heterocycles. The summed E-state index contributed by atoms with van der Waals surface area (Å²) in [7, 11) is 0. The Hall–Kier alpha value is -2.05. The first-order chi connectivity index (χ1) is 15.9. The smallest absolute Gasteiger partial charge is 0.301 e. The van der Waals surface area contributed by atoms with Crippen LogP contribution in [0.4, 0.5) is 0 Å². The number of rotatable bonds is 6. The lowest BCUT2D eigenvalue weighted by molar-refractivity contribution is 0.0732. The maximum Gasteiger partial charge on any atom is 0.301 e. The molecule has 0 spiro atoms. The number of nitrogens with one attached hydrogen (secondary N) is 1. The molecule has 1 atom stereocenters. The molecule has 1 aliphatic rings. The van der Waals surface area contributed by atoms with Crippen LogP contribution in [0.2, 0.25) is 15.1 Å². The maximum atomic E-state index is 13.5. The molecular formula is C25H27Cl3N4O. The number of aromatic nitrogens is 2. The Morgan fingerprint density at radius 3 is 2.33 bits per heavy atom. The largest absolute Gasteiger partial charge is 0.316 e. The topological polar surface area (TPSA) is 50.2 Å². The summed E-state index contributed by atoms with van der Waals surface area (Å²) in [5, 5.41) is 3.65. The number of benzene rings is 2. The molecule has 5 nitrogen and oxygen atoms in total. The van der Waals surface area contributed by atoms with Gasteiger partial charge in [-0.2, -0.15) is 0 Å². The number of carbonyl (C=O) groups excluding carboxylic acids is 1. The van der Waals surface area contributed by atoms with Crippen LogP contribution in [0.1, 0.15) is 56.2 Å². The molecule has 1 unspecified atom stereocenters. The molecule has 0 saturated carbocycles. The maximum absolute atomic E-state index is 13.5. The van der Waals surface area contributed by atoms with Crippen molar-refractivity contribution < 1.29 is 4.79 Å². The van der Waals surface area contributed by atoms with E-state index in [4.69, 9.17) is 39.8 Å². The predicted octanol–water partition coefficient (Wildman–Crippen LogP) is 7.28. The molecule has 0 aliphatic carbocycles. The number of hydrogen-bond donors (Lipinski definition) is 1. The van der Waals surface area contributed by atoms with Gasteiger partial charge in [0, 0.05) is 40.3 Å². The summed E-state index contributed by atoms with van der Waals surface area (Å²) in [5.74, 6) is 0.143. The minimum atomic E-state index is -0.219. The average molecular weight is 506 g/mol. The molecule has 174 valence electrons. The molecule has 1 fully saturated rings. The molecule has 1 amide bonds. The molecular weight excluding hydrogens is 479 g/mol. The third-order valence-corrected chi connectivity index (χ3v) is 6.87. The highest BCUT2D eigenvalue weighted by Gasteiger charge is 2.28. The van der Waals surface area contributed by atoms with Gasteiger partial charge in [-0.25, -0.2) is 9.99 Å². The summed E-state index contributed by atoms with van der Waals surface area (Å²) in [4.78, 5) is 18.3. The van der Waals surface area contributed by atoms with E-state index in [1.54, 1.807) is 12.1 Å². The lowest BCUT2D eigenvalue weighted by Crippen LogP contribution is -2.45. The SMILES string of the molecule is CCC(C)n1c(C(=O)NN2CCCCC2)nc(-c2ccc(Cl)cc2Cl)c1-c1ccc(Cl)cc1. The van der Waals surface area contributed by atoms with Gasteiger partial charge in [-0.3, -0.25) is 10.2 Å². The second-order valence-electron chi connectivity index (χ2n) is 8.38. The highest BCUT2D eigenvalue weighted by atomic mass is 35.5. The first-order valence-electron chi connectivity index (χ1n) is 11.3. The minimum Gasteiger partial charge on any atom is -0.316 e. The first kappa shape index (κ1) is 24.1. The van der Waals surface area contributed by atoms with Crippen molar-refractivity contribution in [2.75, 3.05) is 13.1 Å². The summed E-state index contributed by atoms with van der Waals surface area (Å²) in [6.07, 6.45) is 4.16. The number of halogens is 3. The van der Waals surface area contributed by atoms with E-state index in [0.29, 0.717) is 26.6 Å². The van der Waals surface area contributed by atoms with Crippen LogP contribution in [0.25, 0.3) is 22.5 Å². The number of carbonyl (C=O) groups is 1. The second-order valence-corrected chi connectivity index (χ2v) is 9.66. The van der Waals surface area contributed by atoms with E-state index in [1.165, 1.54) is 6.42 Å². The van der Waals surface area contributed by atoms with Gasteiger partial charge in [-0.1, -0.05) is 60.3 Å². The van der Waals surface area contributed by atoms with Gasteiger partial charge in [-0.05, 0) is 56.5 Å². The number of nitrogens with zero attached hydrogens (tertiary/aromatic N) is 3. The van der Waals surface area contributed by atoms with Crippen molar-refractivity contribution in [1.29, 1.82) is 0 Å². The summed E-state index contributed by atoms with van der Waals surface area (Å²) in [6.45, 7) is 5.87. The summed E-state index contributed by atoms with van der Waals surface area (Å²) >= 11 is 18.9. The highest BCUT2D eigenvalue weighted by Crippen LogP contribution is 2.39. The zero-order valence-corrected chi connectivity index (χ0v) is 21.0. The molecule has 1 aliphatic heterocycles. The quantitative estimate of drug-likeness (QED) is 0.383. The molecule has 0 bridgehead atoms. The molecule has 1 aromatic heterocycles. The van der Waals surface area contributed by atoms with Crippen LogP contribution in [0.3, 0.4) is 0 Å². The van der Waals surface area contributed by atoms with E-state index in [0.717, 1.165) is 49.2 Å². The first-order valence-corrected chi connectivity index (χ1v) is 12.4. The van der Waals surface area contributed by atoms with Crippen molar-refractivity contribution in [3.05, 3.63) is 63.4 Å². The number of hydrazine groups is 1. The molecule has 33 heavy (non-hydrogen) atoms. The standard InChI is InChI=1S/C25H27Cl3N4O/c1-3-16(2)32-23(17-7-9-18(26)10-8-17)22(20-12-11-19(27)15-21(20)28)29-24(32)25(33)30-31-13-5-4-6-14-31/h7-12,15-16H,3-6,13-14H2,1-2H3,(H,30,33). The molecule has 0 radical (unpaired) electrons. The number of hydrogen-bond acceptors (Lipinski definition) is 3. The van der Waals surface area contributed by atoms with Gasteiger partial charge in [0.2, 0.25) is 5.82 Å². The average Bonchev–Trinajstić information content (AvgIpc) is 3.20. The van der Waals surface area contributed by atoms with Gasteiger partial charge >= 0.3 is 5.91 Å². The van der Waals surface area contributed by atoms with Crippen molar-refractivity contribution in [3.63, 3.8) is 0 Å². The monoisotopic (exact) mass is 504 g/mol. The summed E-state index contributed by atoms with van der Waals surface area (Å²) in [6, 6.07) is 12.9. The Bertz CT molecular complexity index is 1140. The van der Waals surface area contributed by atoms with Crippen LogP contribution in [0.5, 0.6) is 0 Å². The Balaban J connectivity index is 1.90. The number of imidazole rings is 1.